The van der Waals surface area contributed by atoms with Crippen LogP contribution in [0.1, 0.15) is 73.7 Å². The predicted octanol–water partition coefficient (Wildman–Crippen LogP) is 3.20. The molecule has 1 saturated heterocycles. The van der Waals surface area contributed by atoms with E-state index < -0.39 is 11.9 Å². The molecule has 0 radical (unpaired) electrons. The van der Waals surface area contributed by atoms with Crippen LogP contribution in [-0.4, -0.2) is 46.3 Å². The van der Waals surface area contributed by atoms with Crippen LogP contribution >= 0.6 is 0 Å². The van der Waals surface area contributed by atoms with Gasteiger partial charge in [0, 0.05) is 42.0 Å². The van der Waals surface area contributed by atoms with Gasteiger partial charge in [-0.05, 0) is 46.6 Å². The van der Waals surface area contributed by atoms with Gasteiger partial charge in [-0.15, -0.1) is 0 Å². The number of ether oxygens (including phenoxy) is 1. The maximum Gasteiger partial charge on any atom is 0.311 e. The highest BCUT2D eigenvalue weighted by Gasteiger charge is 2.39. The van der Waals surface area contributed by atoms with E-state index in [4.69, 9.17) is 4.74 Å². The standard InChI is InChI=1S/C21H30N2O4/c1-13(2)23-14(3)9-18(15(23)4)19(24)12-27-21(26)16-10-20(25)22(11-16)17-7-5-6-8-17/h9,13,16-17H,5-8,10-12H2,1-4H3/t16-/m0/s1. The normalized spacial score (nSPS) is 20.7. The number of aryl methyl sites for hydroxylation is 1. The SMILES string of the molecule is Cc1cc(C(=O)COC(=O)[C@H]2CC(=O)N(C3CCCC3)C2)c(C)n1C(C)C. The molecular weight excluding hydrogens is 344 g/mol. The van der Waals surface area contributed by atoms with Gasteiger partial charge in [-0.3, -0.25) is 14.4 Å². The van der Waals surface area contributed by atoms with Crippen LogP contribution in [0, 0.1) is 19.8 Å². The van der Waals surface area contributed by atoms with Crippen molar-refractivity contribution in [3.05, 3.63) is 23.0 Å². The zero-order valence-corrected chi connectivity index (χ0v) is 16.8. The first-order chi connectivity index (χ1) is 12.8. The predicted molar refractivity (Wildman–Crippen MR) is 102 cm³/mol. The smallest absolute Gasteiger partial charge is 0.311 e. The first-order valence-corrected chi connectivity index (χ1v) is 9.97. The van der Waals surface area contributed by atoms with Crippen LogP contribution in [0.3, 0.4) is 0 Å². The van der Waals surface area contributed by atoms with E-state index in [1.165, 1.54) is 0 Å². The van der Waals surface area contributed by atoms with Gasteiger partial charge >= 0.3 is 5.97 Å². The number of likely N-dealkylation sites (tertiary alicyclic amines) is 1. The number of nitrogens with zero attached hydrogens (tertiary/aromatic N) is 2. The van der Waals surface area contributed by atoms with Crippen molar-refractivity contribution in [3.63, 3.8) is 0 Å². The van der Waals surface area contributed by atoms with Crippen molar-refractivity contribution in [3.8, 4) is 0 Å². The summed E-state index contributed by atoms with van der Waals surface area (Å²) in [5, 5.41) is 0. The molecule has 1 atom stereocenters. The average molecular weight is 374 g/mol. The van der Waals surface area contributed by atoms with E-state index >= 15 is 0 Å². The van der Waals surface area contributed by atoms with Crippen molar-refractivity contribution in [2.24, 2.45) is 5.92 Å². The summed E-state index contributed by atoms with van der Waals surface area (Å²) >= 11 is 0. The third kappa shape index (κ3) is 3.94. The van der Waals surface area contributed by atoms with Gasteiger partial charge in [-0.25, -0.2) is 0 Å². The quantitative estimate of drug-likeness (QED) is 0.566. The Bertz CT molecular complexity index is 744. The number of aromatic nitrogens is 1. The zero-order chi connectivity index (χ0) is 19.7. The fourth-order valence-corrected chi connectivity index (χ4v) is 4.64. The van der Waals surface area contributed by atoms with Gasteiger partial charge in [0.1, 0.15) is 0 Å². The first kappa shape index (κ1) is 19.6. The molecule has 2 aliphatic rings. The fourth-order valence-electron chi connectivity index (χ4n) is 4.64. The van der Waals surface area contributed by atoms with Crippen LogP contribution in [-0.2, 0) is 14.3 Å². The Balaban J connectivity index is 1.57. The van der Waals surface area contributed by atoms with E-state index in [-0.39, 0.29) is 36.8 Å². The number of amides is 1. The van der Waals surface area contributed by atoms with E-state index in [2.05, 4.69) is 18.4 Å². The third-order valence-corrected chi connectivity index (χ3v) is 5.90. The Morgan fingerprint density at radius 1 is 1.22 bits per heavy atom. The molecule has 1 aliphatic carbocycles. The van der Waals surface area contributed by atoms with Gasteiger partial charge in [0.2, 0.25) is 11.7 Å². The maximum atomic E-state index is 12.5. The van der Waals surface area contributed by atoms with Gasteiger partial charge in [-0.2, -0.15) is 0 Å². The number of rotatable bonds is 6. The highest BCUT2D eigenvalue weighted by atomic mass is 16.5. The summed E-state index contributed by atoms with van der Waals surface area (Å²) in [4.78, 5) is 39.0. The van der Waals surface area contributed by atoms with E-state index in [1.54, 1.807) is 0 Å². The summed E-state index contributed by atoms with van der Waals surface area (Å²) in [6.45, 7) is 8.19. The summed E-state index contributed by atoms with van der Waals surface area (Å²) in [6.07, 6.45) is 4.54. The number of carbonyl (C=O) groups is 3. The van der Waals surface area contributed by atoms with E-state index in [1.807, 2.05) is 24.8 Å². The van der Waals surface area contributed by atoms with Gasteiger partial charge in [-0.1, -0.05) is 12.8 Å². The second-order valence-electron chi connectivity index (χ2n) is 8.16. The molecule has 27 heavy (non-hydrogen) atoms. The van der Waals surface area contributed by atoms with Crippen molar-refractivity contribution < 1.29 is 19.1 Å². The molecule has 6 heteroatoms. The second kappa shape index (κ2) is 7.87. The average Bonchev–Trinajstić information content (AvgIpc) is 3.31. The van der Waals surface area contributed by atoms with Crippen LogP contribution < -0.4 is 0 Å². The molecule has 1 aromatic heterocycles. The molecule has 0 aromatic carbocycles. The molecule has 2 heterocycles. The van der Waals surface area contributed by atoms with Crippen molar-refractivity contribution in [1.82, 2.24) is 9.47 Å². The molecule has 1 aliphatic heterocycles. The third-order valence-electron chi connectivity index (χ3n) is 5.90. The number of ketones is 1. The summed E-state index contributed by atoms with van der Waals surface area (Å²) in [5.74, 6) is -1.04. The molecule has 3 rings (SSSR count). The molecule has 0 bridgehead atoms. The molecule has 2 fully saturated rings. The van der Waals surface area contributed by atoms with E-state index in [0.29, 0.717) is 12.1 Å². The molecule has 1 aromatic rings. The summed E-state index contributed by atoms with van der Waals surface area (Å²) in [5.41, 5.74) is 2.52. The summed E-state index contributed by atoms with van der Waals surface area (Å²) in [7, 11) is 0. The monoisotopic (exact) mass is 374 g/mol. The van der Waals surface area contributed by atoms with E-state index in [9.17, 15) is 14.4 Å². The van der Waals surface area contributed by atoms with Gasteiger partial charge < -0.3 is 14.2 Å². The lowest BCUT2D eigenvalue weighted by molar-refractivity contribution is -0.147. The Kier molecular flexibility index (Phi) is 5.72. The van der Waals surface area contributed by atoms with Crippen molar-refractivity contribution in [1.29, 1.82) is 0 Å². The fraction of sp³-hybridized carbons (Fsp3) is 0.667. The minimum absolute atomic E-state index is 0.0376. The summed E-state index contributed by atoms with van der Waals surface area (Å²) in [6, 6.07) is 2.39. The van der Waals surface area contributed by atoms with Gasteiger partial charge in [0.25, 0.3) is 0 Å². The van der Waals surface area contributed by atoms with Crippen LogP contribution in [0.4, 0.5) is 0 Å². The molecule has 1 amide bonds. The molecule has 0 spiro atoms. The van der Waals surface area contributed by atoms with Crippen molar-refractivity contribution in [2.45, 2.75) is 71.9 Å². The Hall–Kier alpha value is -2.11. The molecule has 148 valence electrons. The highest BCUT2D eigenvalue weighted by Crippen LogP contribution is 2.30. The minimum Gasteiger partial charge on any atom is -0.457 e. The highest BCUT2D eigenvalue weighted by molar-refractivity contribution is 5.99. The van der Waals surface area contributed by atoms with Crippen LogP contribution in [0.15, 0.2) is 6.07 Å². The number of Topliss-reactive ketones (excluding diaryl/α,β-unsaturated/α-hetero) is 1. The Morgan fingerprint density at radius 2 is 1.89 bits per heavy atom. The van der Waals surface area contributed by atoms with Crippen LogP contribution in [0.25, 0.3) is 0 Å². The van der Waals surface area contributed by atoms with E-state index in [0.717, 1.165) is 37.1 Å². The number of hydrogen-bond acceptors (Lipinski definition) is 4. The molecule has 6 nitrogen and oxygen atoms in total. The lowest BCUT2D eigenvalue weighted by atomic mass is 10.1. The molecule has 1 saturated carbocycles. The maximum absolute atomic E-state index is 12.5. The van der Waals surface area contributed by atoms with Crippen molar-refractivity contribution >= 4 is 17.7 Å². The number of esters is 1. The number of hydrogen-bond donors (Lipinski definition) is 0. The van der Waals surface area contributed by atoms with Crippen LogP contribution in [0.5, 0.6) is 0 Å². The lowest BCUT2D eigenvalue weighted by Crippen LogP contribution is -2.35. The molecular formula is C21H30N2O4. The second-order valence-corrected chi connectivity index (χ2v) is 8.16. The van der Waals surface area contributed by atoms with Gasteiger partial charge in [0.15, 0.2) is 6.61 Å². The van der Waals surface area contributed by atoms with Crippen molar-refractivity contribution in [2.75, 3.05) is 13.2 Å². The largest absolute Gasteiger partial charge is 0.457 e. The Morgan fingerprint density at radius 3 is 2.48 bits per heavy atom. The minimum atomic E-state index is -0.450. The molecule has 0 unspecified atom stereocenters. The number of carbonyl (C=O) groups excluding carboxylic acids is 3. The summed E-state index contributed by atoms with van der Waals surface area (Å²) < 4.78 is 7.39. The first-order valence-electron chi connectivity index (χ1n) is 9.97. The van der Waals surface area contributed by atoms with Gasteiger partial charge in [0.05, 0.1) is 5.92 Å². The zero-order valence-electron chi connectivity index (χ0n) is 16.8. The molecule has 0 N–H and O–H groups in total. The van der Waals surface area contributed by atoms with Crippen LogP contribution in [0.2, 0.25) is 0 Å². The lowest BCUT2D eigenvalue weighted by Gasteiger charge is -2.23. The topological polar surface area (TPSA) is 68.6 Å². The Labute approximate surface area is 160 Å².